The Labute approximate surface area is 103 Å². The zero-order valence-electron chi connectivity index (χ0n) is 8.49. The number of hydrogen-bond donors (Lipinski definition) is 1. The monoisotopic (exact) mass is 255 g/mol. The average molecular weight is 256 g/mol. The van der Waals surface area contributed by atoms with Gasteiger partial charge in [0, 0.05) is 10.9 Å². The van der Waals surface area contributed by atoms with E-state index in [4.69, 9.17) is 17.3 Å². The van der Waals surface area contributed by atoms with Crippen LogP contribution in [0.2, 0.25) is 4.34 Å². The van der Waals surface area contributed by atoms with E-state index >= 15 is 0 Å². The molecule has 1 unspecified atom stereocenters. The Balaban J connectivity index is 2.13. The van der Waals surface area contributed by atoms with E-state index in [0.29, 0.717) is 16.3 Å². The summed E-state index contributed by atoms with van der Waals surface area (Å²) in [6.45, 7) is 0. The Hall–Kier alpha value is -0.900. The van der Waals surface area contributed by atoms with E-state index in [2.05, 4.69) is 0 Å². The number of rotatable bonds is 3. The van der Waals surface area contributed by atoms with Crippen LogP contribution in [0.5, 0.6) is 0 Å². The van der Waals surface area contributed by atoms with Crippen LogP contribution in [0.4, 0.5) is 4.39 Å². The fourth-order valence-corrected chi connectivity index (χ4v) is 2.59. The first-order valence-electron chi connectivity index (χ1n) is 4.91. The van der Waals surface area contributed by atoms with Crippen molar-refractivity contribution in [3.05, 3.63) is 57.0 Å². The summed E-state index contributed by atoms with van der Waals surface area (Å²) in [4.78, 5) is 0.980. The summed E-state index contributed by atoms with van der Waals surface area (Å²) < 4.78 is 14.1. The van der Waals surface area contributed by atoms with E-state index in [1.807, 2.05) is 18.2 Å². The quantitative estimate of drug-likeness (QED) is 0.887. The number of thiophene rings is 1. The fourth-order valence-electron chi connectivity index (χ4n) is 1.53. The van der Waals surface area contributed by atoms with Crippen molar-refractivity contribution in [1.29, 1.82) is 0 Å². The van der Waals surface area contributed by atoms with E-state index in [-0.39, 0.29) is 11.9 Å². The molecule has 0 saturated carbocycles. The summed E-state index contributed by atoms with van der Waals surface area (Å²) in [5.41, 5.74) is 6.63. The van der Waals surface area contributed by atoms with Crippen molar-refractivity contribution >= 4 is 22.9 Å². The summed E-state index contributed by atoms with van der Waals surface area (Å²) >= 11 is 7.27. The van der Waals surface area contributed by atoms with Crippen LogP contribution >= 0.6 is 22.9 Å². The molecule has 0 aliphatic rings. The van der Waals surface area contributed by atoms with Crippen molar-refractivity contribution in [2.45, 2.75) is 12.5 Å². The zero-order chi connectivity index (χ0) is 11.5. The number of nitrogens with two attached hydrogens (primary N) is 1. The van der Waals surface area contributed by atoms with Crippen LogP contribution in [0.3, 0.4) is 0 Å². The fraction of sp³-hybridized carbons (Fsp3) is 0.167. The van der Waals surface area contributed by atoms with E-state index in [9.17, 15) is 4.39 Å². The highest BCUT2D eigenvalue weighted by molar-refractivity contribution is 7.16. The van der Waals surface area contributed by atoms with Gasteiger partial charge in [-0.25, -0.2) is 4.39 Å². The Morgan fingerprint density at radius 1 is 1.25 bits per heavy atom. The van der Waals surface area contributed by atoms with Crippen LogP contribution in [0.1, 0.15) is 16.5 Å². The van der Waals surface area contributed by atoms with Crippen LogP contribution in [-0.4, -0.2) is 0 Å². The molecule has 1 nitrogen and oxygen atoms in total. The van der Waals surface area contributed by atoms with Crippen LogP contribution < -0.4 is 5.73 Å². The van der Waals surface area contributed by atoms with Gasteiger partial charge < -0.3 is 5.73 Å². The van der Waals surface area contributed by atoms with Crippen LogP contribution in [0.25, 0.3) is 0 Å². The van der Waals surface area contributed by atoms with Gasteiger partial charge in [0.15, 0.2) is 0 Å². The molecular weight excluding hydrogens is 245 g/mol. The first-order valence-corrected chi connectivity index (χ1v) is 6.10. The summed E-state index contributed by atoms with van der Waals surface area (Å²) in [6.07, 6.45) is 0.490. The lowest BCUT2D eigenvalue weighted by molar-refractivity contribution is 0.595. The van der Waals surface area contributed by atoms with Crippen molar-refractivity contribution in [1.82, 2.24) is 0 Å². The molecule has 4 heteroatoms. The molecule has 2 rings (SSSR count). The molecule has 0 bridgehead atoms. The molecule has 2 N–H and O–H groups in total. The minimum absolute atomic E-state index is 0.200. The lowest BCUT2D eigenvalue weighted by atomic mass is 10.1. The maximum atomic E-state index is 13.4. The summed E-state index contributed by atoms with van der Waals surface area (Å²) in [7, 11) is 0. The van der Waals surface area contributed by atoms with Gasteiger partial charge >= 0.3 is 0 Å². The van der Waals surface area contributed by atoms with Crippen molar-refractivity contribution in [2.24, 2.45) is 5.73 Å². The van der Waals surface area contributed by atoms with E-state index < -0.39 is 0 Å². The summed E-state index contributed by atoms with van der Waals surface area (Å²) in [5, 5.41) is 0. The van der Waals surface area contributed by atoms with Crippen molar-refractivity contribution in [2.75, 3.05) is 0 Å². The second kappa shape index (κ2) is 4.95. The van der Waals surface area contributed by atoms with Gasteiger partial charge in [0.05, 0.1) is 4.34 Å². The second-order valence-electron chi connectivity index (χ2n) is 3.54. The van der Waals surface area contributed by atoms with E-state index in [1.54, 1.807) is 12.1 Å². The van der Waals surface area contributed by atoms with Gasteiger partial charge in [-0.15, -0.1) is 11.3 Å². The van der Waals surface area contributed by atoms with Gasteiger partial charge in [0.1, 0.15) is 5.82 Å². The highest BCUT2D eigenvalue weighted by Gasteiger charge is 2.11. The highest BCUT2D eigenvalue weighted by atomic mass is 35.5. The minimum Gasteiger partial charge on any atom is -0.323 e. The smallest absolute Gasteiger partial charge is 0.126 e. The number of benzene rings is 1. The van der Waals surface area contributed by atoms with Crippen molar-refractivity contribution in [3.8, 4) is 0 Å². The number of hydrogen-bond acceptors (Lipinski definition) is 2. The molecular formula is C12H11ClFNS. The maximum absolute atomic E-state index is 13.4. The molecule has 1 aromatic heterocycles. The van der Waals surface area contributed by atoms with Crippen molar-refractivity contribution < 1.29 is 4.39 Å². The predicted octanol–water partition coefficient (Wildman–Crippen LogP) is 3.78. The van der Waals surface area contributed by atoms with Gasteiger partial charge in [0.2, 0.25) is 0 Å². The topological polar surface area (TPSA) is 26.0 Å². The van der Waals surface area contributed by atoms with Gasteiger partial charge in [0.25, 0.3) is 0 Å². The zero-order valence-corrected chi connectivity index (χ0v) is 10.1. The molecule has 1 aromatic carbocycles. The standard InChI is InChI=1S/C12H11ClFNS/c13-12-6-5-11(16-12)10(15)7-8-3-1-2-4-9(8)14/h1-6,10H,7,15H2. The molecule has 0 fully saturated rings. The largest absolute Gasteiger partial charge is 0.323 e. The van der Waals surface area contributed by atoms with Crippen molar-refractivity contribution in [3.63, 3.8) is 0 Å². The molecule has 1 atom stereocenters. The van der Waals surface area contributed by atoms with Gasteiger partial charge in [-0.05, 0) is 30.2 Å². The summed E-state index contributed by atoms with van der Waals surface area (Å²) in [6, 6.07) is 10.2. The van der Waals surface area contributed by atoms with Crippen LogP contribution in [0, 0.1) is 5.82 Å². The third-order valence-corrected chi connectivity index (χ3v) is 3.72. The van der Waals surface area contributed by atoms with E-state index in [1.165, 1.54) is 17.4 Å². The maximum Gasteiger partial charge on any atom is 0.126 e. The number of halogens is 2. The molecule has 0 radical (unpaired) electrons. The molecule has 84 valence electrons. The Morgan fingerprint density at radius 2 is 2.00 bits per heavy atom. The second-order valence-corrected chi connectivity index (χ2v) is 5.29. The molecule has 16 heavy (non-hydrogen) atoms. The van der Waals surface area contributed by atoms with Gasteiger partial charge in [-0.2, -0.15) is 0 Å². The molecule has 0 saturated heterocycles. The van der Waals surface area contributed by atoms with E-state index in [0.717, 1.165) is 4.88 Å². The molecule has 0 amide bonds. The molecule has 1 heterocycles. The minimum atomic E-state index is -0.208. The molecule has 2 aromatic rings. The van der Waals surface area contributed by atoms with Crippen LogP contribution in [0.15, 0.2) is 36.4 Å². The highest BCUT2D eigenvalue weighted by Crippen LogP contribution is 2.27. The molecule has 0 aliphatic heterocycles. The SMILES string of the molecule is NC(Cc1ccccc1F)c1ccc(Cl)s1. The first kappa shape index (κ1) is 11.6. The Morgan fingerprint density at radius 3 is 2.62 bits per heavy atom. The van der Waals surface area contributed by atoms with Gasteiger partial charge in [-0.1, -0.05) is 29.8 Å². The first-order chi connectivity index (χ1) is 7.66. The predicted molar refractivity (Wildman–Crippen MR) is 66.4 cm³/mol. The molecule has 0 spiro atoms. The van der Waals surface area contributed by atoms with Gasteiger partial charge in [-0.3, -0.25) is 0 Å². The Bertz CT molecular complexity index is 483. The molecule has 0 aliphatic carbocycles. The third-order valence-electron chi connectivity index (χ3n) is 2.36. The van der Waals surface area contributed by atoms with Crippen LogP contribution in [-0.2, 0) is 6.42 Å². The average Bonchev–Trinajstić information content (AvgIpc) is 2.68. The Kier molecular flexibility index (Phi) is 3.59. The summed E-state index contributed by atoms with van der Waals surface area (Å²) in [5.74, 6) is -0.208. The lowest BCUT2D eigenvalue weighted by Gasteiger charge is -2.09. The normalized spacial score (nSPS) is 12.7. The third kappa shape index (κ3) is 2.61. The lowest BCUT2D eigenvalue weighted by Crippen LogP contribution is -2.12.